The Bertz CT molecular complexity index is 1420. The maximum absolute atomic E-state index is 12.7. The first-order valence-corrected chi connectivity index (χ1v) is 9.59. The number of fused-ring (bicyclic) bond motifs is 2. The molecule has 1 amide bonds. The van der Waals surface area contributed by atoms with Gasteiger partial charge in [0, 0.05) is 18.3 Å². The van der Waals surface area contributed by atoms with Gasteiger partial charge in [0.1, 0.15) is 12.4 Å². The largest absolute Gasteiger partial charge is 0.338 e. The zero-order valence-electron chi connectivity index (χ0n) is 16.3. The van der Waals surface area contributed by atoms with Crippen molar-refractivity contribution in [2.75, 3.05) is 5.32 Å². The van der Waals surface area contributed by atoms with E-state index in [4.69, 9.17) is 0 Å². The number of carbonyl (C=O) groups excluding carboxylic acids is 1. The highest BCUT2D eigenvalue weighted by molar-refractivity contribution is 5.92. The van der Waals surface area contributed by atoms with E-state index in [1.165, 1.54) is 4.57 Å². The Hall–Kier alpha value is -4.13. The van der Waals surface area contributed by atoms with Crippen LogP contribution in [0.15, 0.2) is 77.6 Å². The van der Waals surface area contributed by atoms with Crippen LogP contribution in [0.3, 0.4) is 0 Å². The fourth-order valence-electron chi connectivity index (χ4n) is 3.69. The molecule has 0 spiro atoms. The van der Waals surface area contributed by atoms with Crippen molar-refractivity contribution in [1.29, 1.82) is 0 Å². The van der Waals surface area contributed by atoms with Gasteiger partial charge < -0.3 is 10.3 Å². The van der Waals surface area contributed by atoms with Crippen molar-refractivity contribution >= 4 is 33.7 Å². The van der Waals surface area contributed by atoms with E-state index >= 15 is 0 Å². The van der Waals surface area contributed by atoms with E-state index in [1.807, 2.05) is 72.8 Å². The van der Waals surface area contributed by atoms with Gasteiger partial charge in [-0.15, -0.1) is 0 Å². The monoisotopic (exact) mass is 397 g/mol. The van der Waals surface area contributed by atoms with Gasteiger partial charge in [-0.3, -0.25) is 13.9 Å². The number of carbonyl (C=O) groups is 1. The number of H-pyrrole nitrogens is 1. The summed E-state index contributed by atoms with van der Waals surface area (Å²) in [5.41, 5.74) is 4.66. The van der Waals surface area contributed by atoms with Crippen LogP contribution in [0.5, 0.6) is 0 Å². The molecular formula is C23H19N5O2. The van der Waals surface area contributed by atoms with Crippen molar-refractivity contribution < 1.29 is 4.79 Å². The molecule has 2 heterocycles. The SMILES string of the molecule is Cn1c(=O)n(CC(=O)Nc2cccc(-c3nc4ccccc4[nH]3)c2)c2ccccc21. The van der Waals surface area contributed by atoms with Gasteiger partial charge >= 0.3 is 5.69 Å². The lowest BCUT2D eigenvalue weighted by Gasteiger charge is -2.07. The number of aromatic amines is 1. The zero-order valence-corrected chi connectivity index (χ0v) is 16.3. The molecule has 7 nitrogen and oxygen atoms in total. The highest BCUT2D eigenvalue weighted by Gasteiger charge is 2.14. The number of rotatable bonds is 4. The smallest absolute Gasteiger partial charge is 0.329 e. The number of benzene rings is 3. The molecule has 3 aromatic carbocycles. The van der Waals surface area contributed by atoms with Gasteiger partial charge in [-0.2, -0.15) is 0 Å². The van der Waals surface area contributed by atoms with Gasteiger partial charge in [0.05, 0.1) is 22.1 Å². The van der Waals surface area contributed by atoms with Gasteiger partial charge in [0.15, 0.2) is 0 Å². The average molecular weight is 397 g/mol. The van der Waals surface area contributed by atoms with Crippen molar-refractivity contribution in [3.8, 4) is 11.4 Å². The standard InChI is InChI=1S/C23H19N5O2/c1-27-19-11-4-5-12-20(19)28(23(27)30)14-21(29)24-16-8-6-7-15(13-16)22-25-17-9-2-3-10-18(17)26-22/h2-13H,14H2,1H3,(H,24,29)(H,25,26). The molecule has 5 rings (SSSR count). The van der Waals surface area contributed by atoms with Gasteiger partial charge in [0.2, 0.25) is 5.91 Å². The Morgan fingerprint density at radius 1 is 1.00 bits per heavy atom. The molecule has 30 heavy (non-hydrogen) atoms. The van der Waals surface area contributed by atoms with Crippen LogP contribution in [-0.4, -0.2) is 25.0 Å². The molecule has 0 radical (unpaired) electrons. The summed E-state index contributed by atoms with van der Waals surface area (Å²) in [5.74, 6) is 0.466. The maximum atomic E-state index is 12.7. The molecule has 0 aliphatic carbocycles. The molecule has 0 saturated heterocycles. The number of amides is 1. The number of hydrogen-bond acceptors (Lipinski definition) is 3. The Morgan fingerprint density at radius 3 is 2.60 bits per heavy atom. The first kappa shape index (κ1) is 17.9. The number of hydrogen-bond donors (Lipinski definition) is 2. The molecule has 5 aromatic rings. The molecule has 7 heteroatoms. The number of anilines is 1. The number of nitrogens with zero attached hydrogens (tertiary/aromatic N) is 3. The zero-order chi connectivity index (χ0) is 20.7. The van der Waals surface area contributed by atoms with Gasteiger partial charge in [-0.1, -0.05) is 36.4 Å². The predicted octanol–water partition coefficient (Wildman–Crippen LogP) is 3.52. The number of aryl methyl sites for hydroxylation is 1. The Kier molecular flexibility index (Phi) is 4.21. The van der Waals surface area contributed by atoms with Crippen LogP contribution >= 0.6 is 0 Å². The summed E-state index contributed by atoms with van der Waals surface area (Å²) in [5, 5.41) is 2.89. The summed E-state index contributed by atoms with van der Waals surface area (Å²) in [4.78, 5) is 33.1. The second-order valence-corrected chi connectivity index (χ2v) is 7.15. The molecule has 0 fully saturated rings. The minimum atomic E-state index is -0.268. The molecule has 0 bridgehead atoms. The lowest BCUT2D eigenvalue weighted by molar-refractivity contribution is -0.116. The molecule has 2 N–H and O–H groups in total. The topological polar surface area (TPSA) is 84.7 Å². The van der Waals surface area contributed by atoms with Crippen LogP contribution in [0.25, 0.3) is 33.5 Å². The first-order valence-electron chi connectivity index (χ1n) is 9.59. The minimum absolute atomic E-state index is 0.0605. The molecule has 0 saturated carbocycles. The fraction of sp³-hybridized carbons (Fsp3) is 0.0870. The van der Waals surface area contributed by atoms with Gasteiger partial charge in [-0.25, -0.2) is 9.78 Å². The average Bonchev–Trinajstić information content (AvgIpc) is 3.30. The molecular weight excluding hydrogens is 378 g/mol. The van der Waals surface area contributed by atoms with Crippen molar-refractivity contribution in [2.45, 2.75) is 6.54 Å². The summed E-state index contributed by atoms with van der Waals surface area (Å²) < 4.78 is 3.03. The molecule has 0 aliphatic rings. The van der Waals surface area contributed by atoms with Crippen molar-refractivity contribution in [3.63, 3.8) is 0 Å². The lowest BCUT2D eigenvalue weighted by Crippen LogP contribution is -2.28. The predicted molar refractivity (Wildman–Crippen MR) is 117 cm³/mol. The summed E-state index contributed by atoms with van der Waals surface area (Å²) >= 11 is 0. The van der Waals surface area contributed by atoms with Crippen LogP contribution in [0, 0.1) is 0 Å². The third kappa shape index (κ3) is 3.06. The highest BCUT2D eigenvalue weighted by atomic mass is 16.2. The molecule has 2 aromatic heterocycles. The Morgan fingerprint density at radius 2 is 1.77 bits per heavy atom. The second kappa shape index (κ2) is 7.04. The van der Waals surface area contributed by atoms with Crippen LogP contribution in [0.1, 0.15) is 0 Å². The van der Waals surface area contributed by atoms with Gasteiger partial charge in [0.25, 0.3) is 0 Å². The normalized spacial score (nSPS) is 11.2. The Labute approximate surface area is 171 Å². The third-order valence-corrected chi connectivity index (χ3v) is 5.16. The van der Waals surface area contributed by atoms with Crippen LogP contribution in [0.4, 0.5) is 5.69 Å². The van der Waals surface area contributed by atoms with Crippen molar-refractivity contribution in [1.82, 2.24) is 19.1 Å². The summed E-state index contributed by atoms with van der Waals surface area (Å²) in [6.45, 7) is -0.0605. The number of para-hydroxylation sites is 4. The fourth-order valence-corrected chi connectivity index (χ4v) is 3.69. The lowest BCUT2D eigenvalue weighted by atomic mass is 10.2. The minimum Gasteiger partial charge on any atom is -0.338 e. The number of imidazole rings is 2. The molecule has 0 unspecified atom stereocenters. The third-order valence-electron chi connectivity index (χ3n) is 5.16. The van der Waals surface area contributed by atoms with Crippen LogP contribution < -0.4 is 11.0 Å². The van der Waals surface area contributed by atoms with Crippen molar-refractivity contribution in [3.05, 3.63) is 83.3 Å². The molecule has 0 aliphatic heterocycles. The quantitative estimate of drug-likeness (QED) is 0.487. The van der Waals surface area contributed by atoms with E-state index in [1.54, 1.807) is 11.6 Å². The maximum Gasteiger partial charge on any atom is 0.329 e. The van der Waals surface area contributed by atoms with E-state index in [2.05, 4.69) is 15.3 Å². The van der Waals surface area contributed by atoms with Crippen LogP contribution in [-0.2, 0) is 18.4 Å². The molecule has 148 valence electrons. The summed E-state index contributed by atoms with van der Waals surface area (Å²) in [6, 6.07) is 22.7. The second-order valence-electron chi connectivity index (χ2n) is 7.15. The number of nitrogens with one attached hydrogen (secondary N) is 2. The van der Waals surface area contributed by atoms with E-state index in [-0.39, 0.29) is 18.1 Å². The van der Waals surface area contributed by atoms with Crippen LogP contribution in [0.2, 0.25) is 0 Å². The van der Waals surface area contributed by atoms with E-state index in [9.17, 15) is 9.59 Å². The molecule has 0 atom stereocenters. The summed E-state index contributed by atoms with van der Waals surface area (Å²) in [7, 11) is 1.70. The van der Waals surface area contributed by atoms with Gasteiger partial charge in [-0.05, 0) is 36.4 Å². The number of aromatic nitrogens is 4. The van der Waals surface area contributed by atoms with E-state index in [0.717, 1.165) is 33.5 Å². The van der Waals surface area contributed by atoms with E-state index < -0.39 is 0 Å². The van der Waals surface area contributed by atoms with Crippen molar-refractivity contribution in [2.24, 2.45) is 7.05 Å². The van der Waals surface area contributed by atoms with E-state index in [0.29, 0.717) is 5.69 Å². The Balaban J connectivity index is 1.40. The highest BCUT2D eigenvalue weighted by Crippen LogP contribution is 2.23. The summed E-state index contributed by atoms with van der Waals surface area (Å²) in [6.07, 6.45) is 0. The first-order chi connectivity index (χ1) is 14.6.